The molecule has 0 radical (unpaired) electrons. The van der Waals surface area contributed by atoms with Gasteiger partial charge in [-0.3, -0.25) is 4.40 Å². The van der Waals surface area contributed by atoms with Crippen LogP contribution in [0.2, 0.25) is 0 Å². The molecule has 0 unspecified atom stereocenters. The fraction of sp³-hybridized carbons (Fsp3) is 0.643. The smallest absolute Gasteiger partial charge is 0.194 e. The van der Waals surface area contributed by atoms with Gasteiger partial charge in [-0.25, -0.2) is 4.98 Å². The number of nitrogens with zero attached hydrogens (tertiary/aromatic N) is 2. The molecule has 0 amide bonds. The predicted octanol–water partition coefficient (Wildman–Crippen LogP) is 3.38. The third-order valence-corrected chi connectivity index (χ3v) is 5.26. The first-order valence-electron chi connectivity index (χ1n) is 6.64. The molecule has 0 bridgehead atoms. The van der Waals surface area contributed by atoms with Crippen molar-refractivity contribution in [3.63, 3.8) is 0 Å². The molecular formula is C14H18N2OS. The van der Waals surface area contributed by atoms with Crippen LogP contribution in [0.15, 0.2) is 0 Å². The second kappa shape index (κ2) is 2.99. The first-order chi connectivity index (χ1) is 8.40. The second-order valence-electron chi connectivity index (χ2n) is 6.38. The molecule has 0 spiro atoms. The molecule has 0 N–H and O–H groups in total. The molecule has 0 saturated carbocycles. The number of hydrogen-bond donors (Lipinski definition) is 0. The van der Waals surface area contributed by atoms with E-state index < -0.39 is 0 Å². The monoisotopic (exact) mass is 262 g/mol. The molecular weight excluding hydrogens is 244 g/mol. The van der Waals surface area contributed by atoms with Crippen molar-refractivity contribution in [3.8, 4) is 0 Å². The van der Waals surface area contributed by atoms with E-state index in [1.165, 1.54) is 35.5 Å². The molecule has 1 aliphatic carbocycles. The van der Waals surface area contributed by atoms with Gasteiger partial charge < -0.3 is 4.74 Å². The largest absolute Gasteiger partial charge is 0.357 e. The van der Waals surface area contributed by atoms with Gasteiger partial charge in [0.25, 0.3) is 0 Å². The second-order valence-corrected chi connectivity index (χ2v) is 7.44. The van der Waals surface area contributed by atoms with Gasteiger partial charge in [-0.15, -0.1) is 11.3 Å². The molecule has 3 nitrogen and oxygen atoms in total. The Hall–Kier alpha value is -0.870. The minimum Gasteiger partial charge on any atom is -0.357 e. The number of rotatable bonds is 0. The van der Waals surface area contributed by atoms with Crippen LogP contribution in [0.3, 0.4) is 0 Å². The van der Waals surface area contributed by atoms with E-state index in [1.807, 2.05) is 11.3 Å². The molecule has 4 rings (SSSR count). The summed E-state index contributed by atoms with van der Waals surface area (Å²) in [5, 5.41) is 0. The number of ether oxygens (including phenoxy) is 1. The fourth-order valence-electron chi connectivity index (χ4n) is 3.58. The average molecular weight is 262 g/mol. The molecule has 1 aliphatic heterocycles. The van der Waals surface area contributed by atoms with Gasteiger partial charge in [0.15, 0.2) is 4.96 Å². The summed E-state index contributed by atoms with van der Waals surface area (Å²) in [5.41, 5.74) is 3.39. The molecule has 0 fully saturated rings. The Morgan fingerprint density at radius 2 is 1.94 bits per heavy atom. The number of fused-ring (bicyclic) bond motifs is 5. The summed E-state index contributed by atoms with van der Waals surface area (Å²) in [6.45, 7) is 8.57. The molecule has 0 aromatic carbocycles. The Labute approximate surface area is 111 Å². The van der Waals surface area contributed by atoms with E-state index in [0.29, 0.717) is 0 Å². The highest BCUT2D eigenvalue weighted by Crippen LogP contribution is 2.48. The molecule has 2 aromatic rings. The lowest BCUT2D eigenvalue weighted by atomic mass is 10.0. The summed E-state index contributed by atoms with van der Waals surface area (Å²) in [4.78, 5) is 7.55. The first-order valence-corrected chi connectivity index (χ1v) is 7.46. The lowest BCUT2D eigenvalue weighted by molar-refractivity contribution is -0.108. The van der Waals surface area contributed by atoms with Gasteiger partial charge in [0, 0.05) is 10.6 Å². The van der Waals surface area contributed by atoms with Crippen molar-refractivity contribution >= 4 is 16.3 Å². The predicted molar refractivity (Wildman–Crippen MR) is 72.2 cm³/mol. The summed E-state index contributed by atoms with van der Waals surface area (Å²) in [7, 11) is 0. The topological polar surface area (TPSA) is 26.5 Å². The summed E-state index contributed by atoms with van der Waals surface area (Å²) in [5.74, 6) is 0. The van der Waals surface area contributed by atoms with Crippen LogP contribution in [0.1, 0.15) is 56.1 Å². The van der Waals surface area contributed by atoms with Crippen LogP contribution in [0.5, 0.6) is 0 Å². The zero-order chi connectivity index (χ0) is 12.7. The Bertz CT molecular complexity index is 663. The number of aromatic nitrogens is 2. The van der Waals surface area contributed by atoms with Gasteiger partial charge in [0.2, 0.25) is 0 Å². The van der Waals surface area contributed by atoms with E-state index in [0.717, 1.165) is 10.7 Å². The standard InChI is InChI=1S/C14H18N2OS/c1-13(2)10-11(14(3,4)17-13)16-8-6-5-7-9(8)18-12(16)15-10/h5-7H2,1-4H3. The maximum Gasteiger partial charge on any atom is 0.194 e. The van der Waals surface area contributed by atoms with E-state index in [1.54, 1.807) is 0 Å². The minimum absolute atomic E-state index is 0.240. The lowest BCUT2D eigenvalue weighted by Gasteiger charge is -2.25. The summed E-state index contributed by atoms with van der Waals surface area (Å²) in [6, 6.07) is 0. The highest BCUT2D eigenvalue weighted by Gasteiger charge is 2.48. The zero-order valence-electron chi connectivity index (χ0n) is 11.3. The Morgan fingerprint density at radius 1 is 1.17 bits per heavy atom. The molecule has 3 heterocycles. The number of thiazole rings is 1. The molecule has 0 atom stereocenters. The Balaban J connectivity index is 2.11. The van der Waals surface area contributed by atoms with Gasteiger partial charge >= 0.3 is 0 Å². The molecule has 0 saturated heterocycles. The van der Waals surface area contributed by atoms with E-state index in [4.69, 9.17) is 9.72 Å². The maximum absolute atomic E-state index is 6.21. The third-order valence-electron chi connectivity index (χ3n) is 4.12. The molecule has 2 aliphatic rings. The van der Waals surface area contributed by atoms with Crippen LogP contribution < -0.4 is 0 Å². The summed E-state index contributed by atoms with van der Waals surface area (Å²) < 4.78 is 8.59. The maximum atomic E-state index is 6.21. The molecule has 18 heavy (non-hydrogen) atoms. The molecule has 4 heteroatoms. The molecule has 2 aromatic heterocycles. The van der Waals surface area contributed by atoms with Crippen molar-refractivity contribution in [2.75, 3.05) is 0 Å². The first kappa shape index (κ1) is 11.0. The van der Waals surface area contributed by atoms with Crippen molar-refractivity contribution in [3.05, 3.63) is 22.0 Å². The Morgan fingerprint density at radius 3 is 2.72 bits per heavy atom. The van der Waals surface area contributed by atoms with Crippen LogP contribution >= 0.6 is 11.3 Å². The van der Waals surface area contributed by atoms with Crippen LogP contribution in [0, 0.1) is 0 Å². The van der Waals surface area contributed by atoms with Gasteiger partial charge in [-0.2, -0.15) is 0 Å². The lowest BCUT2D eigenvalue weighted by Crippen LogP contribution is -2.24. The van der Waals surface area contributed by atoms with Gasteiger partial charge in [0.1, 0.15) is 11.2 Å². The third kappa shape index (κ3) is 1.16. The normalized spacial score (nSPS) is 23.6. The van der Waals surface area contributed by atoms with Crippen molar-refractivity contribution in [1.82, 2.24) is 9.38 Å². The summed E-state index contributed by atoms with van der Waals surface area (Å²) >= 11 is 1.87. The van der Waals surface area contributed by atoms with E-state index >= 15 is 0 Å². The van der Waals surface area contributed by atoms with Gasteiger partial charge in [0.05, 0.1) is 11.4 Å². The van der Waals surface area contributed by atoms with Gasteiger partial charge in [-0.05, 0) is 47.0 Å². The van der Waals surface area contributed by atoms with Crippen LogP contribution in [0.25, 0.3) is 4.96 Å². The van der Waals surface area contributed by atoms with E-state index in [-0.39, 0.29) is 11.2 Å². The van der Waals surface area contributed by atoms with Crippen molar-refractivity contribution in [1.29, 1.82) is 0 Å². The van der Waals surface area contributed by atoms with Crippen molar-refractivity contribution in [2.24, 2.45) is 0 Å². The van der Waals surface area contributed by atoms with E-state index in [9.17, 15) is 0 Å². The number of hydrogen-bond acceptors (Lipinski definition) is 3. The van der Waals surface area contributed by atoms with E-state index in [2.05, 4.69) is 32.1 Å². The van der Waals surface area contributed by atoms with Crippen LogP contribution in [-0.4, -0.2) is 9.38 Å². The highest BCUT2D eigenvalue weighted by atomic mass is 32.1. The zero-order valence-corrected chi connectivity index (χ0v) is 12.1. The Kier molecular flexibility index (Phi) is 1.83. The quantitative estimate of drug-likeness (QED) is 0.727. The van der Waals surface area contributed by atoms with Crippen molar-refractivity contribution in [2.45, 2.75) is 58.2 Å². The fourth-order valence-corrected chi connectivity index (χ4v) is 4.79. The van der Waals surface area contributed by atoms with Gasteiger partial charge in [-0.1, -0.05) is 0 Å². The number of imidazole rings is 1. The average Bonchev–Trinajstić information content (AvgIpc) is 2.84. The van der Waals surface area contributed by atoms with Crippen LogP contribution in [-0.2, 0) is 28.8 Å². The minimum atomic E-state index is -0.268. The molecule has 96 valence electrons. The SMILES string of the molecule is CC1(C)OC(C)(C)c2c1nc1sc3c(n21)CCC3. The van der Waals surface area contributed by atoms with Crippen LogP contribution in [0.4, 0.5) is 0 Å². The number of aryl methyl sites for hydroxylation is 2. The van der Waals surface area contributed by atoms with Crippen molar-refractivity contribution < 1.29 is 4.74 Å². The summed E-state index contributed by atoms with van der Waals surface area (Å²) in [6.07, 6.45) is 3.70. The highest BCUT2D eigenvalue weighted by molar-refractivity contribution is 7.17.